The molecule has 0 saturated heterocycles. The van der Waals surface area contributed by atoms with Crippen LogP contribution in [0.5, 0.6) is 0 Å². The number of nitrogens with one attached hydrogen (secondary N) is 1. The van der Waals surface area contributed by atoms with E-state index < -0.39 is 5.97 Å². The third kappa shape index (κ3) is 4.77. The van der Waals surface area contributed by atoms with Crippen LogP contribution in [0, 0.1) is 0 Å². The third-order valence-electron chi connectivity index (χ3n) is 3.65. The van der Waals surface area contributed by atoms with Gasteiger partial charge in [-0.2, -0.15) is 0 Å². The van der Waals surface area contributed by atoms with Crippen molar-refractivity contribution in [2.75, 3.05) is 0 Å². The summed E-state index contributed by atoms with van der Waals surface area (Å²) in [5.74, 6) is -0.489. The number of nitrogens with zero attached hydrogens (tertiary/aromatic N) is 1. The Labute approximate surface area is 155 Å². The fourth-order valence-corrected chi connectivity index (χ4v) is 3.11. The smallest absolute Gasteiger partial charge is 0.338 e. The quantitative estimate of drug-likeness (QED) is 0.674. The topological polar surface area (TPSA) is 68.3 Å². The molecule has 1 amide bonds. The lowest BCUT2D eigenvalue weighted by atomic mass is 10.1. The predicted octanol–water partition coefficient (Wildman–Crippen LogP) is 3.80. The molecule has 26 heavy (non-hydrogen) atoms. The molecule has 0 atom stereocenters. The van der Waals surface area contributed by atoms with E-state index in [4.69, 9.17) is 4.74 Å². The Morgan fingerprint density at radius 1 is 1.08 bits per heavy atom. The molecule has 0 saturated carbocycles. The van der Waals surface area contributed by atoms with Crippen molar-refractivity contribution in [1.29, 1.82) is 0 Å². The van der Waals surface area contributed by atoms with Crippen LogP contribution in [-0.4, -0.2) is 16.9 Å². The first-order valence-electron chi connectivity index (χ1n) is 8.12. The molecule has 1 N–H and O–H groups in total. The van der Waals surface area contributed by atoms with Gasteiger partial charge in [0, 0.05) is 24.4 Å². The maximum Gasteiger partial charge on any atom is 0.338 e. The summed E-state index contributed by atoms with van der Waals surface area (Å²) in [6.07, 6.45) is 0. The molecule has 0 aliphatic carbocycles. The van der Waals surface area contributed by atoms with Crippen LogP contribution in [-0.2, 0) is 22.7 Å². The highest BCUT2D eigenvalue weighted by Crippen LogP contribution is 2.23. The Kier molecular flexibility index (Phi) is 5.76. The van der Waals surface area contributed by atoms with Crippen molar-refractivity contribution in [2.45, 2.75) is 20.1 Å². The van der Waals surface area contributed by atoms with Gasteiger partial charge in [-0.15, -0.1) is 11.3 Å². The van der Waals surface area contributed by atoms with Crippen LogP contribution >= 0.6 is 11.3 Å². The Morgan fingerprint density at radius 2 is 1.81 bits per heavy atom. The monoisotopic (exact) mass is 366 g/mol. The first-order valence-corrected chi connectivity index (χ1v) is 9.00. The normalized spacial score (nSPS) is 10.3. The molecule has 1 aromatic heterocycles. The first kappa shape index (κ1) is 17.8. The van der Waals surface area contributed by atoms with Crippen LogP contribution in [0.4, 0.5) is 0 Å². The highest BCUT2D eigenvalue weighted by atomic mass is 32.1. The molecule has 5 nitrogen and oxygen atoms in total. The number of hydrogen-bond acceptors (Lipinski definition) is 5. The average Bonchev–Trinajstić information content (AvgIpc) is 3.14. The molecule has 6 heteroatoms. The van der Waals surface area contributed by atoms with Crippen molar-refractivity contribution in [3.8, 4) is 10.6 Å². The van der Waals surface area contributed by atoms with Gasteiger partial charge in [0.1, 0.15) is 11.6 Å². The molecule has 0 radical (unpaired) electrons. The summed E-state index contributed by atoms with van der Waals surface area (Å²) in [5, 5.41) is 5.51. The van der Waals surface area contributed by atoms with Gasteiger partial charge in [0.2, 0.25) is 5.91 Å². The molecule has 3 rings (SSSR count). The van der Waals surface area contributed by atoms with Crippen molar-refractivity contribution >= 4 is 23.2 Å². The molecule has 3 aromatic rings. The summed E-state index contributed by atoms with van der Waals surface area (Å²) in [5.41, 5.74) is 3.16. The van der Waals surface area contributed by atoms with Gasteiger partial charge in [-0.3, -0.25) is 4.79 Å². The van der Waals surface area contributed by atoms with Crippen molar-refractivity contribution in [2.24, 2.45) is 0 Å². The van der Waals surface area contributed by atoms with Crippen LogP contribution in [0.3, 0.4) is 0 Å². The van der Waals surface area contributed by atoms with Gasteiger partial charge < -0.3 is 10.1 Å². The van der Waals surface area contributed by atoms with E-state index in [-0.39, 0.29) is 12.5 Å². The summed E-state index contributed by atoms with van der Waals surface area (Å²) < 4.78 is 5.34. The van der Waals surface area contributed by atoms with E-state index >= 15 is 0 Å². The number of rotatable bonds is 6. The number of esters is 1. The number of hydrogen-bond donors (Lipinski definition) is 1. The second-order valence-corrected chi connectivity index (χ2v) is 6.55. The predicted molar refractivity (Wildman–Crippen MR) is 101 cm³/mol. The van der Waals surface area contributed by atoms with Crippen LogP contribution in [0.1, 0.15) is 28.5 Å². The summed E-state index contributed by atoms with van der Waals surface area (Å²) in [7, 11) is 0. The summed E-state index contributed by atoms with van der Waals surface area (Å²) >= 11 is 1.52. The zero-order valence-corrected chi connectivity index (χ0v) is 15.1. The number of aromatic nitrogens is 1. The standard InChI is InChI=1S/C20H18N2O3S/c1-14(23)21-11-15-7-9-17(10-8-15)20(24)25-12-18-13-26-19(22-18)16-5-3-2-4-6-16/h2-10,13H,11-12H2,1H3,(H,21,23). The van der Waals surface area contributed by atoms with E-state index in [2.05, 4.69) is 10.3 Å². The first-order chi connectivity index (χ1) is 12.6. The minimum absolute atomic E-state index is 0.0911. The zero-order valence-electron chi connectivity index (χ0n) is 14.3. The average molecular weight is 366 g/mol. The summed E-state index contributed by atoms with van der Waals surface area (Å²) in [6.45, 7) is 2.04. The number of thiazole rings is 1. The van der Waals surface area contributed by atoms with Crippen molar-refractivity contribution in [3.05, 3.63) is 76.8 Å². The van der Waals surface area contributed by atoms with Gasteiger partial charge in [0.05, 0.1) is 11.3 Å². The molecule has 0 bridgehead atoms. The maximum absolute atomic E-state index is 12.2. The number of benzene rings is 2. The van der Waals surface area contributed by atoms with Crippen LogP contribution < -0.4 is 5.32 Å². The number of ether oxygens (including phenoxy) is 1. The minimum Gasteiger partial charge on any atom is -0.456 e. The van der Waals surface area contributed by atoms with E-state index in [1.165, 1.54) is 18.3 Å². The zero-order chi connectivity index (χ0) is 18.4. The lowest BCUT2D eigenvalue weighted by Gasteiger charge is -2.05. The van der Waals surface area contributed by atoms with E-state index in [9.17, 15) is 9.59 Å². The van der Waals surface area contributed by atoms with Crippen molar-refractivity contribution < 1.29 is 14.3 Å². The van der Waals surface area contributed by atoms with Gasteiger partial charge in [0.25, 0.3) is 0 Å². The second kappa shape index (κ2) is 8.40. The molecule has 0 fully saturated rings. The molecule has 1 heterocycles. The second-order valence-electron chi connectivity index (χ2n) is 5.69. The SMILES string of the molecule is CC(=O)NCc1ccc(C(=O)OCc2csc(-c3ccccc3)n2)cc1. The van der Waals surface area contributed by atoms with Crippen molar-refractivity contribution in [1.82, 2.24) is 10.3 Å². The maximum atomic E-state index is 12.2. The number of carbonyl (C=O) groups is 2. The van der Waals surface area contributed by atoms with Crippen LogP contribution in [0.25, 0.3) is 10.6 Å². The van der Waals surface area contributed by atoms with Gasteiger partial charge >= 0.3 is 5.97 Å². The molecule has 0 spiro atoms. The minimum atomic E-state index is -0.398. The Balaban J connectivity index is 1.55. The fourth-order valence-electron chi connectivity index (χ4n) is 2.29. The molecule has 132 valence electrons. The Bertz CT molecular complexity index is 889. The van der Waals surface area contributed by atoms with Gasteiger partial charge in [-0.05, 0) is 17.7 Å². The Hall–Kier alpha value is -2.99. The largest absolute Gasteiger partial charge is 0.456 e. The molecule has 0 unspecified atom stereocenters. The molecular formula is C20H18N2O3S. The summed E-state index contributed by atoms with van der Waals surface area (Å²) in [6, 6.07) is 16.9. The highest BCUT2D eigenvalue weighted by molar-refractivity contribution is 7.13. The van der Waals surface area contributed by atoms with E-state index in [0.29, 0.717) is 12.1 Å². The highest BCUT2D eigenvalue weighted by Gasteiger charge is 2.10. The van der Waals surface area contributed by atoms with Crippen molar-refractivity contribution in [3.63, 3.8) is 0 Å². The fraction of sp³-hybridized carbons (Fsp3) is 0.150. The van der Waals surface area contributed by atoms with Crippen LogP contribution in [0.2, 0.25) is 0 Å². The molecule has 0 aliphatic rings. The van der Waals surface area contributed by atoms with E-state index in [0.717, 1.165) is 21.8 Å². The summed E-state index contributed by atoms with van der Waals surface area (Å²) in [4.78, 5) is 27.6. The lowest BCUT2D eigenvalue weighted by Crippen LogP contribution is -2.18. The lowest BCUT2D eigenvalue weighted by molar-refractivity contribution is -0.119. The molecule has 2 aromatic carbocycles. The molecule has 0 aliphatic heterocycles. The van der Waals surface area contributed by atoms with Gasteiger partial charge in [-0.1, -0.05) is 42.5 Å². The van der Waals surface area contributed by atoms with E-state index in [1.807, 2.05) is 35.7 Å². The van der Waals surface area contributed by atoms with Gasteiger partial charge in [-0.25, -0.2) is 9.78 Å². The number of amides is 1. The molecular weight excluding hydrogens is 348 g/mol. The van der Waals surface area contributed by atoms with Gasteiger partial charge in [0.15, 0.2) is 0 Å². The van der Waals surface area contributed by atoms with E-state index in [1.54, 1.807) is 24.3 Å². The Morgan fingerprint density at radius 3 is 2.50 bits per heavy atom. The number of carbonyl (C=O) groups excluding carboxylic acids is 2. The van der Waals surface area contributed by atoms with Crippen LogP contribution in [0.15, 0.2) is 60.0 Å². The third-order valence-corrected chi connectivity index (χ3v) is 4.59.